The second-order valence-electron chi connectivity index (χ2n) is 7.14. The fraction of sp³-hybridized carbons (Fsp3) is 0.889. The summed E-state index contributed by atoms with van der Waals surface area (Å²) < 4.78 is 0. The Morgan fingerprint density at radius 1 is 1.23 bits per heavy atom. The van der Waals surface area contributed by atoms with E-state index in [9.17, 15) is 9.59 Å². The summed E-state index contributed by atoms with van der Waals surface area (Å²) in [5.74, 6) is 0.877. The molecule has 0 radical (unpaired) electrons. The second kappa shape index (κ2) is 7.98. The maximum atomic E-state index is 12.7. The molecule has 0 bridgehead atoms. The predicted octanol–water partition coefficient (Wildman–Crippen LogP) is 3.06. The van der Waals surface area contributed by atoms with Crippen molar-refractivity contribution < 1.29 is 9.59 Å². The van der Waals surface area contributed by atoms with Crippen molar-refractivity contribution in [3.63, 3.8) is 0 Å². The van der Waals surface area contributed by atoms with Gasteiger partial charge in [0.2, 0.25) is 11.8 Å². The Labute approximate surface area is 135 Å². The molecule has 4 nitrogen and oxygen atoms in total. The molecule has 22 heavy (non-hydrogen) atoms. The molecule has 1 saturated carbocycles. The van der Waals surface area contributed by atoms with E-state index in [4.69, 9.17) is 0 Å². The van der Waals surface area contributed by atoms with Crippen LogP contribution in [0.2, 0.25) is 0 Å². The molecule has 2 amide bonds. The van der Waals surface area contributed by atoms with Crippen LogP contribution in [0.25, 0.3) is 0 Å². The maximum Gasteiger partial charge on any atom is 0.227 e. The molecule has 126 valence electrons. The van der Waals surface area contributed by atoms with Gasteiger partial charge in [-0.3, -0.25) is 9.59 Å². The first-order valence-corrected chi connectivity index (χ1v) is 9.11. The van der Waals surface area contributed by atoms with E-state index >= 15 is 0 Å². The first kappa shape index (κ1) is 17.3. The van der Waals surface area contributed by atoms with Crippen LogP contribution < -0.4 is 0 Å². The van der Waals surface area contributed by atoms with Gasteiger partial charge in [-0.2, -0.15) is 0 Å². The number of nitrogens with zero attached hydrogens (tertiary/aromatic N) is 2. The highest BCUT2D eigenvalue weighted by Gasteiger charge is 2.38. The van der Waals surface area contributed by atoms with Crippen LogP contribution in [0.4, 0.5) is 0 Å². The zero-order valence-electron chi connectivity index (χ0n) is 14.5. The third-order valence-corrected chi connectivity index (χ3v) is 5.52. The van der Waals surface area contributed by atoms with E-state index in [-0.39, 0.29) is 17.7 Å². The Bertz CT molecular complexity index is 387. The van der Waals surface area contributed by atoms with Crippen LogP contribution in [-0.4, -0.2) is 47.8 Å². The van der Waals surface area contributed by atoms with Crippen LogP contribution in [0, 0.1) is 11.8 Å². The van der Waals surface area contributed by atoms with Gasteiger partial charge in [-0.1, -0.05) is 33.1 Å². The van der Waals surface area contributed by atoms with Crippen LogP contribution in [0.15, 0.2) is 0 Å². The highest BCUT2D eigenvalue weighted by Crippen LogP contribution is 2.27. The Morgan fingerprint density at radius 2 is 1.86 bits per heavy atom. The minimum atomic E-state index is -0.123. The number of amides is 2. The van der Waals surface area contributed by atoms with Crippen LogP contribution in [0.1, 0.15) is 65.2 Å². The second-order valence-corrected chi connectivity index (χ2v) is 7.14. The van der Waals surface area contributed by atoms with E-state index in [0.29, 0.717) is 24.9 Å². The van der Waals surface area contributed by atoms with Gasteiger partial charge in [-0.05, 0) is 31.6 Å². The molecule has 2 rings (SSSR count). The molecule has 1 heterocycles. The lowest BCUT2D eigenvalue weighted by Crippen LogP contribution is -2.39. The quantitative estimate of drug-likeness (QED) is 0.756. The smallest absolute Gasteiger partial charge is 0.227 e. The van der Waals surface area contributed by atoms with Gasteiger partial charge in [0.05, 0.1) is 5.92 Å². The molecular formula is C18H32N2O2. The van der Waals surface area contributed by atoms with E-state index in [1.54, 1.807) is 0 Å². The zero-order chi connectivity index (χ0) is 16.1. The van der Waals surface area contributed by atoms with Crippen molar-refractivity contribution in [1.82, 2.24) is 9.80 Å². The molecule has 1 atom stereocenters. The number of rotatable bonds is 6. The Hall–Kier alpha value is -1.06. The van der Waals surface area contributed by atoms with Crippen molar-refractivity contribution >= 4 is 11.8 Å². The fourth-order valence-corrected chi connectivity index (χ4v) is 4.14. The fourth-order valence-electron chi connectivity index (χ4n) is 4.14. The normalized spacial score (nSPS) is 23.4. The molecule has 1 aliphatic carbocycles. The SMILES string of the molecule is CCC(CC)N1CC(C(=O)N(C)CC2CCCCC2)CC1=O. The molecule has 0 spiro atoms. The summed E-state index contributed by atoms with van der Waals surface area (Å²) in [5.41, 5.74) is 0. The number of hydrogen-bond acceptors (Lipinski definition) is 2. The molecule has 0 N–H and O–H groups in total. The lowest BCUT2D eigenvalue weighted by molar-refractivity contribution is -0.135. The molecule has 0 aromatic heterocycles. The lowest BCUT2D eigenvalue weighted by Gasteiger charge is -2.29. The number of carbonyl (C=O) groups is 2. The zero-order valence-corrected chi connectivity index (χ0v) is 14.5. The first-order chi connectivity index (χ1) is 10.6. The molecule has 2 aliphatic rings. The largest absolute Gasteiger partial charge is 0.345 e. The average molecular weight is 308 g/mol. The van der Waals surface area contributed by atoms with Gasteiger partial charge >= 0.3 is 0 Å². The molecule has 0 aromatic carbocycles. The highest BCUT2D eigenvalue weighted by atomic mass is 16.2. The topological polar surface area (TPSA) is 40.6 Å². The van der Waals surface area contributed by atoms with E-state index in [1.807, 2.05) is 16.8 Å². The third-order valence-electron chi connectivity index (χ3n) is 5.52. The summed E-state index contributed by atoms with van der Waals surface area (Å²) in [5, 5.41) is 0. The van der Waals surface area contributed by atoms with E-state index in [0.717, 1.165) is 19.4 Å². The molecule has 1 saturated heterocycles. The van der Waals surface area contributed by atoms with Crippen molar-refractivity contribution in [2.75, 3.05) is 20.1 Å². The molecule has 1 aliphatic heterocycles. The van der Waals surface area contributed by atoms with E-state index < -0.39 is 0 Å². The summed E-state index contributed by atoms with van der Waals surface area (Å²) >= 11 is 0. The minimum Gasteiger partial charge on any atom is -0.345 e. The molecule has 1 unspecified atom stereocenters. The van der Waals surface area contributed by atoms with Crippen molar-refractivity contribution in [3.05, 3.63) is 0 Å². The van der Waals surface area contributed by atoms with Crippen LogP contribution >= 0.6 is 0 Å². The molecular weight excluding hydrogens is 276 g/mol. The summed E-state index contributed by atoms with van der Waals surface area (Å²) in [4.78, 5) is 28.7. The van der Waals surface area contributed by atoms with Gasteiger partial charge in [0.15, 0.2) is 0 Å². The van der Waals surface area contributed by atoms with E-state index in [2.05, 4.69) is 13.8 Å². The van der Waals surface area contributed by atoms with Gasteiger partial charge in [0, 0.05) is 32.6 Å². The predicted molar refractivity (Wildman–Crippen MR) is 88.4 cm³/mol. The molecule has 4 heteroatoms. The van der Waals surface area contributed by atoms with Gasteiger partial charge in [-0.15, -0.1) is 0 Å². The van der Waals surface area contributed by atoms with Crippen molar-refractivity contribution in [1.29, 1.82) is 0 Å². The van der Waals surface area contributed by atoms with Gasteiger partial charge in [0.1, 0.15) is 0 Å². The lowest BCUT2D eigenvalue weighted by atomic mass is 9.89. The monoisotopic (exact) mass is 308 g/mol. The van der Waals surface area contributed by atoms with Gasteiger partial charge in [0.25, 0.3) is 0 Å². The molecule has 0 aromatic rings. The number of hydrogen-bond donors (Lipinski definition) is 0. The minimum absolute atomic E-state index is 0.123. The van der Waals surface area contributed by atoms with Crippen LogP contribution in [-0.2, 0) is 9.59 Å². The Morgan fingerprint density at radius 3 is 2.45 bits per heavy atom. The summed E-state index contributed by atoms with van der Waals surface area (Å²) in [6.45, 7) is 5.73. The summed E-state index contributed by atoms with van der Waals surface area (Å²) in [7, 11) is 1.92. The van der Waals surface area contributed by atoms with Crippen LogP contribution in [0.3, 0.4) is 0 Å². The maximum absolute atomic E-state index is 12.7. The van der Waals surface area contributed by atoms with Crippen LogP contribution in [0.5, 0.6) is 0 Å². The number of likely N-dealkylation sites (tertiary alicyclic amines) is 1. The third kappa shape index (κ3) is 4.02. The standard InChI is InChI=1S/C18H32N2O2/c1-4-16(5-2)20-13-15(11-17(20)21)18(22)19(3)12-14-9-7-6-8-10-14/h14-16H,4-13H2,1-3H3. The van der Waals surface area contributed by atoms with Crippen molar-refractivity contribution in [2.45, 2.75) is 71.3 Å². The van der Waals surface area contributed by atoms with E-state index in [1.165, 1.54) is 32.1 Å². The summed E-state index contributed by atoms with van der Waals surface area (Å²) in [6.07, 6.45) is 8.80. The van der Waals surface area contributed by atoms with Gasteiger partial charge in [-0.25, -0.2) is 0 Å². The Kier molecular flexibility index (Phi) is 6.27. The Balaban J connectivity index is 1.88. The summed E-state index contributed by atoms with van der Waals surface area (Å²) in [6, 6.07) is 0.300. The van der Waals surface area contributed by atoms with Crippen molar-refractivity contribution in [2.24, 2.45) is 11.8 Å². The molecule has 2 fully saturated rings. The van der Waals surface area contributed by atoms with Crippen molar-refractivity contribution in [3.8, 4) is 0 Å². The average Bonchev–Trinajstić information content (AvgIpc) is 2.91. The first-order valence-electron chi connectivity index (χ1n) is 9.11. The van der Waals surface area contributed by atoms with Gasteiger partial charge < -0.3 is 9.80 Å². The number of carbonyl (C=O) groups excluding carboxylic acids is 2. The highest BCUT2D eigenvalue weighted by molar-refractivity contribution is 5.89.